The summed E-state index contributed by atoms with van der Waals surface area (Å²) < 4.78 is 0. The Labute approximate surface area is 186 Å². The van der Waals surface area contributed by atoms with Crippen molar-refractivity contribution in [2.45, 2.75) is 71.9 Å². The van der Waals surface area contributed by atoms with Gasteiger partial charge in [-0.2, -0.15) is 0 Å². The molecule has 0 amide bonds. The number of fused-ring (bicyclic) bond motifs is 2. The normalized spacial score (nSPS) is 21.8. The van der Waals surface area contributed by atoms with E-state index in [4.69, 9.17) is 0 Å². The van der Waals surface area contributed by atoms with Crippen LogP contribution in [0, 0.1) is 5.92 Å². The number of hydrogen-bond donors (Lipinski definition) is 0. The van der Waals surface area contributed by atoms with Gasteiger partial charge in [0, 0.05) is 11.8 Å². The van der Waals surface area contributed by atoms with Crippen LogP contribution in [0.4, 0.5) is 0 Å². The molecule has 0 aliphatic heterocycles. The lowest BCUT2D eigenvalue weighted by atomic mass is 9.73. The van der Waals surface area contributed by atoms with Gasteiger partial charge in [0.05, 0.1) is 16.1 Å². The Kier molecular flexibility index (Phi) is 5.18. The van der Waals surface area contributed by atoms with E-state index in [0.717, 1.165) is 0 Å². The summed E-state index contributed by atoms with van der Waals surface area (Å²) in [4.78, 5) is 0. The van der Waals surface area contributed by atoms with Crippen LogP contribution in [0.2, 0.25) is 39.3 Å². The minimum Gasteiger partial charge on any atom is -0.0656 e. The van der Waals surface area contributed by atoms with E-state index in [2.05, 4.69) is 109 Å². The van der Waals surface area contributed by atoms with Crippen molar-refractivity contribution in [2.75, 3.05) is 0 Å². The third-order valence-electron chi connectivity index (χ3n) is 7.37. The van der Waals surface area contributed by atoms with Crippen molar-refractivity contribution in [1.82, 2.24) is 0 Å². The van der Waals surface area contributed by atoms with Crippen LogP contribution in [0.5, 0.6) is 0 Å². The molecule has 2 aromatic carbocycles. The summed E-state index contributed by atoms with van der Waals surface area (Å²) in [6, 6.07) is 14.7. The van der Waals surface area contributed by atoms with Crippen LogP contribution in [0.1, 0.15) is 54.9 Å². The van der Waals surface area contributed by atoms with Crippen molar-refractivity contribution >= 4 is 38.7 Å². The quantitative estimate of drug-likeness (QED) is 0.453. The molecular weight excluding hydrogens is 392 g/mol. The maximum atomic E-state index is 2.56. The Balaban J connectivity index is 1.76. The first-order valence-electron chi connectivity index (χ1n) is 11.5. The van der Waals surface area contributed by atoms with Gasteiger partial charge in [0.1, 0.15) is 0 Å². The van der Waals surface area contributed by atoms with Gasteiger partial charge in [0.15, 0.2) is 0 Å². The summed E-state index contributed by atoms with van der Waals surface area (Å²) in [6.07, 6.45) is 4.88. The van der Waals surface area contributed by atoms with Crippen LogP contribution in [0.15, 0.2) is 47.5 Å². The molecule has 0 saturated carbocycles. The van der Waals surface area contributed by atoms with E-state index in [1.54, 1.807) is 21.5 Å². The highest BCUT2D eigenvalue weighted by Crippen LogP contribution is 2.50. The summed E-state index contributed by atoms with van der Waals surface area (Å²) in [6.45, 7) is 21.9. The largest absolute Gasteiger partial charge is 0.0776 e. The average molecular weight is 431 g/mol. The SMILES string of the molecule is CC1=Cc2ccc([Si](C)(C)C)cc2C1C(C)C1C(C)=Cc2ccc([Si](C)(C)C)cc21. The van der Waals surface area contributed by atoms with Crippen molar-refractivity contribution in [2.24, 2.45) is 5.92 Å². The van der Waals surface area contributed by atoms with Crippen molar-refractivity contribution in [3.63, 3.8) is 0 Å². The zero-order chi connectivity index (χ0) is 22.0. The van der Waals surface area contributed by atoms with E-state index < -0.39 is 16.1 Å². The van der Waals surface area contributed by atoms with E-state index >= 15 is 0 Å². The molecule has 2 aliphatic carbocycles. The second-order valence-corrected chi connectivity index (χ2v) is 21.9. The zero-order valence-corrected chi connectivity index (χ0v) is 22.4. The summed E-state index contributed by atoms with van der Waals surface area (Å²) in [5.74, 6) is 1.60. The lowest BCUT2D eigenvalue weighted by molar-refractivity contribution is 0.455. The molecule has 158 valence electrons. The van der Waals surface area contributed by atoms with Crippen molar-refractivity contribution < 1.29 is 0 Å². The van der Waals surface area contributed by atoms with Crippen LogP contribution in [0.3, 0.4) is 0 Å². The molecule has 30 heavy (non-hydrogen) atoms. The number of hydrogen-bond acceptors (Lipinski definition) is 0. The predicted octanol–water partition coefficient (Wildman–Crippen LogP) is 7.11. The van der Waals surface area contributed by atoms with Crippen molar-refractivity contribution in [3.8, 4) is 0 Å². The van der Waals surface area contributed by atoms with Gasteiger partial charge in [-0.3, -0.25) is 0 Å². The Morgan fingerprint density at radius 1 is 0.633 bits per heavy atom. The third kappa shape index (κ3) is 3.63. The number of benzene rings is 2. The van der Waals surface area contributed by atoms with Gasteiger partial charge < -0.3 is 0 Å². The van der Waals surface area contributed by atoms with Crippen LogP contribution < -0.4 is 10.4 Å². The maximum Gasteiger partial charge on any atom is 0.0776 e. The fraction of sp³-hybridized carbons (Fsp3) is 0.429. The van der Waals surface area contributed by atoms with E-state index in [1.807, 2.05) is 0 Å². The Hall–Kier alpha value is -1.65. The molecule has 0 aromatic heterocycles. The van der Waals surface area contributed by atoms with Gasteiger partial charge in [-0.15, -0.1) is 0 Å². The van der Waals surface area contributed by atoms with E-state index in [0.29, 0.717) is 17.8 Å². The fourth-order valence-corrected chi connectivity index (χ4v) is 7.98. The summed E-state index contributed by atoms with van der Waals surface area (Å²) in [7, 11) is -2.65. The highest BCUT2D eigenvalue weighted by atomic mass is 28.3. The minimum atomic E-state index is -1.32. The van der Waals surface area contributed by atoms with Crippen LogP contribution >= 0.6 is 0 Å². The lowest BCUT2D eigenvalue weighted by Gasteiger charge is -2.31. The molecule has 2 heteroatoms. The third-order valence-corrected chi connectivity index (χ3v) is 11.5. The molecule has 0 saturated heterocycles. The Morgan fingerprint density at radius 3 is 1.33 bits per heavy atom. The average Bonchev–Trinajstić information content (AvgIpc) is 3.13. The molecule has 2 aliphatic rings. The number of rotatable bonds is 4. The molecule has 4 rings (SSSR count). The molecule has 2 aromatic rings. The molecule has 0 heterocycles. The highest BCUT2D eigenvalue weighted by Gasteiger charge is 2.37. The second-order valence-electron chi connectivity index (χ2n) is 11.8. The first kappa shape index (κ1) is 21.6. The predicted molar refractivity (Wildman–Crippen MR) is 141 cm³/mol. The summed E-state index contributed by atoms with van der Waals surface area (Å²) in [5, 5.41) is 3.17. The topological polar surface area (TPSA) is 0 Å². The van der Waals surface area contributed by atoms with E-state index in [9.17, 15) is 0 Å². The van der Waals surface area contributed by atoms with Crippen LogP contribution in [-0.2, 0) is 0 Å². The summed E-state index contributed by atoms with van der Waals surface area (Å²) >= 11 is 0. The minimum absolute atomic E-state index is 0.520. The molecule has 0 N–H and O–H groups in total. The molecular formula is C28H38Si2. The lowest BCUT2D eigenvalue weighted by Crippen LogP contribution is -2.38. The molecule has 0 radical (unpaired) electrons. The monoisotopic (exact) mass is 430 g/mol. The maximum absolute atomic E-state index is 2.56. The molecule has 0 spiro atoms. The van der Waals surface area contributed by atoms with Gasteiger partial charge in [-0.05, 0) is 42.0 Å². The van der Waals surface area contributed by atoms with Crippen LogP contribution in [0.25, 0.3) is 12.2 Å². The Morgan fingerprint density at radius 2 is 1.00 bits per heavy atom. The fourth-order valence-electron chi connectivity index (χ4n) is 5.63. The van der Waals surface area contributed by atoms with Crippen LogP contribution in [-0.4, -0.2) is 16.1 Å². The molecule has 2 unspecified atom stereocenters. The molecule has 2 atom stereocenters. The number of allylic oxidation sites excluding steroid dienone is 2. The van der Waals surface area contributed by atoms with Gasteiger partial charge in [-0.1, -0.05) is 116 Å². The smallest absolute Gasteiger partial charge is 0.0656 e. The van der Waals surface area contributed by atoms with Gasteiger partial charge >= 0.3 is 0 Å². The molecule has 0 bridgehead atoms. The first-order chi connectivity index (χ1) is 13.9. The van der Waals surface area contributed by atoms with Crippen molar-refractivity contribution in [3.05, 3.63) is 69.8 Å². The van der Waals surface area contributed by atoms with Gasteiger partial charge in [-0.25, -0.2) is 0 Å². The second kappa shape index (κ2) is 7.20. The van der Waals surface area contributed by atoms with E-state index in [1.165, 1.54) is 22.3 Å². The molecule has 0 nitrogen and oxygen atoms in total. The Bertz CT molecular complexity index is 972. The van der Waals surface area contributed by atoms with E-state index in [-0.39, 0.29) is 0 Å². The van der Waals surface area contributed by atoms with Gasteiger partial charge in [0.25, 0.3) is 0 Å². The zero-order valence-electron chi connectivity index (χ0n) is 20.4. The standard InChI is InChI=1S/C28H38Si2/c1-18-14-21-10-12-23(29(4,5)6)16-25(21)27(18)20(3)28-19(2)15-22-11-13-24(17-26(22)28)30(7,8)9/h10-17,20,27-28H,1-9H3. The molecule has 0 fully saturated rings. The highest BCUT2D eigenvalue weighted by molar-refractivity contribution is 6.89. The van der Waals surface area contributed by atoms with Gasteiger partial charge in [0.2, 0.25) is 0 Å². The summed E-state index contributed by atoms with van der Waals surface area (Å²) in [5.41, 5.74) is 9.11. The van der Waals surface area contributed by atoms with Crippen molar-refractivity contribution in [1.29, 1.82) is 0 Å². The first-order valence-corrected chi connectivity index (χ1v) is 18.5.